The lowest BCUT2D eigenvalue weighted by Crippen LogP contribution is -2.38. The third-order valence-corrected chi connectivity index (χ3v) is 3.91. The van der Waals surface area contributed by atoms with Crippen molar-refractivity contribution in [3.63, 3.8) is 0 Å². The van der Waals surface area contributed by atoms with E-state index in [-0.39, 0.29) is 5.91 Å². The van der Waals surface area contributed by atoms with Crippen molar-refractivity contribution in [3.8, 4) is 0 Å². The van der Waals surface area contributed by atoms with Gasteiger partial charge >= 0.3 is 0 Å². The molecule has 1 aliphatic rings. The molecule has 1 aromatic carbocycles. The number of anilines is 1. The van der Waals surface area contributed by atoms with E-state index in [4.69, 9.17) is 4.74 Å². The topological polar surface area (TPSA) is 50.4 Å². The summed E-state index contributed by atoms with van der Waals surface area (Å²) in [5, 5.41) is 6.32. The van der Waals surface area contributed by atoms with Gasteiger partial charge in [0.1, 0.15) is 0 Å². The third-order valence-electron chi connectivity index (χ3n) is 3.91. The Morgan fingerprint density at radius 3 is 2.71 bits per heavy atom. The molecule has 4 heteroatoms. The normalized spacial score (nSPS) is 16.2. The molecule has 0 spiro atoms. The van der Waals surface area contributed by atoms with Crippen LogP contribution < -0.4 is 10.6 Å². The van der Waals surface area contributed by atoms with E-state index in [1.54, 1.807) is 7.11 Å². The molecule has 4 nitrogen and oxygen atoms in total. The highest BCUT2D eigenvalue weighted by atomic mass is 16.5. The number of benzene rings is 1. The maximum atomic E-state index is 12.0. The Balaban J connectivity index is 1.76. The van der Waals surface area contributed by atoms with E-state index in [2.05, 4.69) is 10.6 Å². The van der Waals surface area contributed by atoms with Gasteiger partial charge in [-0.15, -0.1) is 0 Å². The SMILES string of the molecule is COCc1cccc(NCC(=O)NC2CCCCCC2)c1. The van der Waals surface area contributed by atoms with Crippen LogP contribution in [-0.4, -0.2) is 25.6 Å². The molecule has 1 aliphatic carbocycles. The zero-order valence-corrected chi connectivity index (χ0v) is 12.9. The number of methoxy groups -OCH3 is 1. The van der Waals surface area contributed by atoms with Crippen LogP contribution >= 0.6 is 0 Å². The van der Waals surface area contributed by atoms with Crippen molar-refractivity contribution in [3.05, 3.63) is 29.8 Å². The molecular weight excluding hydrogens is 264 g/mol. The Bertz CT molecular complexity index is 440. The molecule has 1 amide bonds. The van der Waals surface area contributed by atoms with Gasteiger partial charge in [0.15, 0.2) is 0 Å². The van der Waals surface area contributed by atoms with Crippen LogP contribution in [0.2, 0.25) is 0 Å². The Kier molecular flexibility index (Phi) is 6.54. The van der Waals surface area contributed by atoms with Gasteiger partial charge < -0.3 is 15.4 Å². The lowest BCUT2D eigenvalue weighted by molar-refractivity contribution is -0.120. The summed E-state index contributed by atoms with van der Waals surface area (Å²) in [6.07, 6.45) is 7.31. The summed E-state index contributed by atoms with van der Waals surface area (Å²) in [7, 11) is 1.68. The number of carbonyl (C=O) groups is 1. The highest BCUT2D eigenvalue weighted by molar-refractivity contribution is 5.81. The van der Waals surface area contributed by atoms with E-state index in [1.807, 2.05) is 24.3 Å². The first kappa shape index (κ1) is 15.8. The van der Waals surface area contributed by atoms with Gasteiger partial charge in [0.2, 0.25) is 5.91 Å². The lowest BCUT2D eigenvalue weighted by atomic mass is 10.1. The van der Waals surface area contributed by atoms with Crippen molar-refractivity contribution in [1.82, 2.24) is 5.32 Å². The fourth-order valence-corrected chi connectivity index (χ4v) is 2.82. The molecule has 2 N–H and O–H groups in total. The average molecular weight is 290 g/mol. The van der Waals surface area contributed by atoms with Gasteiger partial charge in [0.05, 0.1) is 13.2 Å². The summed E-state index contributed by atoms with van der Waals surface area (Å²) < 4.78 is 5.11. The number of carbonyl (C=O) groups excluding carboxylic acids is 1. The molecule has 2 rings (SSSR count). The largest absolute Gasteiger partial charge is 0.380 e. The molecule has 1 fully saturated rings. The molecule has 0 saturated heterocycles. The summed E-state index contributed by atoms with van der Waals surface area (Å²) in [6, 6.07) is 8.34. The van der Waals surface area contributed by atoms with Crippen LogP contribution in [-0.2, 0) is 16.1 Å². The van der Waals surface area contributed by atoms with Crippen LogP contribution in [0.25, 0.3) is 0 Å². The van der Waals surface area contributed by atoms with Gasteiger partial charge in [-0.1, -0.05) is 37.8 Å². The predicted octanol–water partition coefficient (Wildman–Crippen LogP) is 3.08. The summed E-state index contributed by atoms with van der Waals surface area (Å²) >= 11 is 0. The van der Waals surface area contributed by atoms with Gasteiger partial charge in [0.25, 0.3) is 0 Å². The maximum absolute atomic E-state index is 12.0. The van der Waals surface area contributed by atoms with Gasteiger partial charge in [-0.25, -0.2) is 0 Å². The Morgan fingerprint density at radius 1 is 1.24 bits per heavy atom. The van der Waals surface area contributed by atoms with Crippen molar-refractivity contribution in [1.29, 1.82) is 0 Å². The van der Waals surface area contributed by atoms with Crippen LogP contribution in [0.1, 0.15) is 44.1 Å². The summed E-state index contributed by atoms with van der Waals surface area (Å²) in [4.78, 5) is 12.0. The molecule has 0 atom stereocenters. The van der Waals surface area contributed by atoms with E-state index >= 15 is 0 Å². The van der Waals surface area contributed by atoms with E-state index in [0.717, 1.165) is 24.1 Å². The minimum atomic E-state index is 0.0824. The molecule has 0 aliphatic heterocycles. The summed E-state index contributed by atoms with van der Waals surface area (Å²) in [6.45, 7) is 0.913. The standard InChI is InChI=1S/C17H26N2O2/c1-21-13-14-7-6-10-16(11-14)18-12-17(20)19-15-8-4-2-3-5-9-15/h6-7,10-11,15,18H,2-5,8-9,12-13H2,1H3,(H,19,20). The number of rotatable bonds is 6. The van der Waals surface area contributed by atoms with Gasteiger partial charge in [-0.2, -0.15) is 0 Å². The highest BCUT2D eigenvalue weighted by Gasteiger charge is 2.14. The second-order valence-electron chi connectivity index (χ2n) is 5.74. The van der Waals surface area contributed by atoms with Gasteiger partial charge in [-0.3, -0.25) is 4.79 Å². The van der Waals surface area contributed by atoms with Gasteiger partial charge in [0, 0.05) is 18.8 Å². The van der Waals surface area contributed by atoms with E-state index in [9.17, 15) is 4.79 Å². The summed E-state index contributed by atoms with van der Waals surface area (Å²) in [5.74, 6) is 0.0824. The lowest BCUT2D eigenvalue weighted by Gasteiger charge is -2.16. The number of hydrogen-bond donors (Lipinski definition) is 2. The van der Waals surface area contributed by atoms with Crippen LogP contribution in [0.3, 0.4) is 0 Å². The zero-order chi connectivity index (χ0) is 14.9. The minimum Gasteiger partial charge on any atom is -0.380 e. The Hall–Kier alpha value is -1.55. The average Bonchev–Trinajstić information content (AvgIpc) is 2.75. The van der Waals surface area contributed by atoms with Crippen LogP contribution in [0, 0.1) is 0 Å². The second-order valence-corrected chi connectivity index (χ2v) is 5.74. The Morgan fingerprint density at radius 2 is 2.00 bits per heavy atom. The number of amides is 1. The monoisotopic (exact) mass is 290 g/mol. The number of ether oxygens (including phenoxy) is 1. The maximum Gasteiger partial charge on any atom is 0.239 e. The molecular formula is C17H26N2O2. The molecule has 21 heavy (non-hydrogen) atoms. The minimum absolute atomic E-state index is 0.0824. The first-order valence-electron chi connectivity index (χ1n) is 7.89. The number of hydrogen-bond acceptors (Lipinski definition) is 3. The molecule has 0 heterocycles. The van der Waals surface area contributed by atoms with Crippen molar-refractivity contribution >= 4 is 11.6 Å². The molecule has 0 bridgehead atoms. The van der Waals surface area contributed by atoms with Crippen LogP contribution in [0.15, 0.2) is 24.3 Å². The number of nitrogens with one attached hydrogen (secondary N) is 2. The molecule has 1 saturated carbocycles. The first-order chi connectivity index (χ1) is 10.3. The molecule has 0 aromatic heterocycles. The van der Waals surface area contributed by atoms with Crippen LogP contribution in [0.5, 0.6) is 0 Å². The van der Waals surface area contributed by atoms with Gasteiger partial charge in [-0.05, 0) is 30.5 Å². The first-order valence-corrected chi connectivity index (χ1v) is 7.89. The van der Waals surface area contributed by atoms with Crippen molar-refractivity contribution < 1.29 is 9.53 Å². The fourth-order valence-electron chi connectivity index (χ4n) is 2.82. The highest BCUT2D eigenvalue weighted by Crippen LogP contribution is 2.17. The zero-order valence-electron chi connectivity index (χ0n) is 12.9. The van der Waals surface area contributed by atoms with E-state index < -0.39 is 0 Å². The van der Waals surface area contributed by atoms with Crippen molar-refractivity contribution in [2.24, 2.45) is 0 Å². The predicted molar refractivity (Wildman–Crippen MR) is 85.3 cm³/mol. The van der Waals surface area contributed by atoms with Crippen molar-refractivity contribution in [2.45, 2.75) is 51.2 Å². The summed E-state index contributed by atoms with van der Waals surface area (Å²) in [5.41, 5.74) is 2.06. The third kappa shape index (κ3) is 5.76. The molecule has 116 valence electrons. The molecule has 1 aromatic rings. The second kappa shape index (κ2) is 8.67. The van der Waals surface area contributed by atoms with E-state index in [1.165, 1.54) is 25.7 Å². The smallest absolute Gasteiger partial charge is 0.239 e. The van der Waals surface area contributed by atoms with Crippen molar-refractivity contribution in [2.75, 3.05) is 19.0 Å². The fraction of sp³-hybridized carbons (Fsp3) is 0.588. The molecule has 0 unspecified atom stereocenters. The van der Waals surface area contributed by atoms with Crippen LogP contribution in [0.4, 0.5) is 5.69 Å². The van der Waals surface area contributed by atoms with E-state index in [0.29, 0.717) is 19.2 Å². The molecule has 0 radical (unpaired) electrons. The quantitative estimate of drug-likeness (QED) is 0.792. The Labute approximate surface area is 127 Å².